The summed E-state index contributed by atoms with van der Waals surface area (Å²) in [5, 5.41) is 8.25. The Balaban J connectivity index is 1.28. The lowest BCUT2D eigenvalue weighted by atomic mass is 9.72. The van der Waals surface area contributed by atoms with Gasteiger partial charge in [0, 0.05) is 31.1 Å². The van der Waals surface area contributed by atoms with Crippen molar-refractivity contribution in [1.29, 1.82) is 0 Å². The molecular weight excluding hydrogens is 418 g/mol. The van der Waals surface area contributed by atoms with Crippen LogP contribution in [-0.2, 0) is 16.1 Å². The summed E-state index contributed by atoms with van der Waals surface area (Å²) in [7, 11) is 0. The van der Waals surface area contributed by atoms with Gasteiger partial charge in [0.1, 0.15) is 18.3 Å². The van der Waals surface area contributed by atoms with Crippen LogP contribution in [0.15, 0.2) is 18.5 Å². The van der Waals surface area contributed by atoms with Crippen molar-refractivity contribution in [2.24, 2.45) is 17.3 Å². The molecule has 3 heterocycles. The van der Waals surface area contributed by atoms with Crippen molar-refractivity contribution >= 4 is 28.5 Å². The number of amides is 2. The molecule has 2 aliphatic carbocycles. The number of nitrogens with one attached hydrogen (secondary N) is 1. The second-order valence-corrected chi connectivity index (χ2v) is 10.9. The number of ketones is 1. The Morgan fingerprint density at radius 3 is 2.82 bits per heavy atom. The number of rotatable bonds is 6. The molecule has 5 rings (SSSR count). The third-order valence-electron chi connectivity index (χ3n) is 7.74. The molecule has 33 heavy (non-hydrogen) atoms. The van der Waals surface area contributed by atoms with Gasteiger partial charge < -0.3 is 10.2 Å². The topological polar surface area (TPSA) is 97.2 Å². The van der Waals surface area contributed by atoms with E-state index >= 15 is 0 Å². The van der Waals surface area contributed by atoms with Crippen LogP contribution < -0.4 is 5.32 Å². The number of aromatic nitrogens is 3. The second kappa shape index (κ2) is 8.22. The number of piperidine rings is 1. The van der Waals surface area contributed by atoms with Crippen LogP contribution in [0.2, 0.25) is 0 Å². The molecule has 0 spiro atoms. The zero-order valence-electron chi connectivity index (χ0n) is 19.7. The van der Waals surface area contributed by atoms with E-state index in [9.17, 15) is 14.4 Å². The summed E-state index contributed by atoms with van der Waals surface area (Å²) in [6.45, 7) is 6.76. The first-order valence-electron chi connectivity index (χ1n) is 12.1. The van der Waals surface area contributed by atoms with E-state index in [1.165, 1.54) is 19.8 Å². The Labute approximate surface area is 194 Å². The average Bonchev–Trinajstić information content (AvgIpc) is 3.27. The molecule has 0 radical (unpaired) electrons. The first-order chi connectivity index (χ1) is 15.7. The fourth-order valence-electron chi connectivity index (χ4n) is 6.05. The molecule has 2 amide bonds. The van der Waals surface area contributed by atoms with Gasteiger partial charge in [-0.25, -0.2) is 0 Å². The molecule has 1 aliphatic heterocycles. The van der Waals surface area contributed by atoms with E-state index in [4.69, 9.17) is 0 Å². The van der Waals surface area contributed by atoms with Crippen LogP contribution >= 0.6 is 0 Å². The highest BCUT2D eigenvalue weighted by Crippen LogP contribution is 2.48. The van der Waals surface area contributed by atoms with E-state index in [1.807, 2.05) is 0 Å². The van der Waals surface area contributed by atoms with Crippen LogP contribution in [0, 0.1) is 17.3 Å². The molecule has 8 nitrogen and oxygen atoms in total. The van der Waals surface area contributed by atoms with Gasteiger partial charge in [0.2, 0.25) is 11.8 Å². The highest BCUT2D eigenvalue weighted by molar-refractivity contribution is 6.04. The summed E-state index contributed by atoms with van der Waals surface area (Å²) in [5.41, 5.74) is 1.34. The number of pyridine rings is 1. The third-order valence-corrected chi connectivity index (χ3v) is 7.74. The highest BCUT2D eigenvalue weighted by atomic mass is 16.2. The van der Waals surface area contributed by atoms with E-state index in [2.05, 4.69) is 29.2 Å². The summed E-state index contributed by atoms with van der Waals surface area (Å²) in [6.07, 6.45) is 9.68. The zero-order valence-corrected chi connectivity index (χ0v) is 19.7. The average molecular weight is 452 g/mol. The first kappa shape index (κ1) is 22.0. The van der Waals surface area contributed by atoms with Gasteiger partial charge in [0.05, 0.1) is 11.7 Å². The van der Waals surface area contributed by atoms with E-state index in [0.717, 1.165) is 25.7 Å². The minimum atomic E-state index is -0.412. The maximum Gasteiger partial charge on any atom is 0.245 e. The van der Waals surface area contributed by atoms with E-state index < -0.39 is 6.04 Å². The van der Waals surface area contributed by atoms with Crippen molar-refractivity contribution in [3.63, 3.8) is 0 Å². The van der Waals surface area contributed by atoms with Gasteiger partial charge >= 0.3 is 0 Å². The van der Waals surface area contributed by atoms with E-state index in [0.29, 0.717) is 40.4 Å². The molecule has 3 fully saturated rings. The summed E-state index contributed by atoms with van der Waals surface area (Å²) >= 11 is 0. The molecule has 0 bridgehead atoms. The molecule has 2 saturated carbocycles. The lowest BCUT2D eigenvalue weighted by Crippen LogP contribution is -2.50. The van der Waals surface area contributed by atoms with Crippen molar-refractivity contribution in [1.82, 2.24) is 25.0 Å². The number of hydrogen-bond acceptors (Lipinski definition) is 5. The lowest BCUT2D eigenvalue weighted by Gasteiger charge is -2.35. The molecule has 8 heteroatoms. The number of nitrogens with zero attached hydrogens (tertiary/aromatic N) is 4. The molecule has 1 N–H and O–H groups in total. The largest absolute Gasteiger partial charge is 0.354 e. The Morgan fingerprint density at radius 1 is 1.24 bits per heavy atom. The minimum Gasteiger partial charge on any atom is -0.354 e. The minimum absolute atomic E-state index is 0.000707. The zero-order chi connectivity index (χ0) is 23.3. The molecule has 0 aromatic carbocycles. The monoisotopic (exact) mass is 451 g/mol. The van der Waals surface area contributed by atoms with Gasteiger partial charge in [-0.2, -0.15) is 5.10 Å². The maximum absolute atomic E-state index is 13.4. The number of carbonyl (C=O) groups excluding carboxylic acids is 3. The quantitative estimate of drug-likeness (QED) is 0.681. The second-order valence-electron chi connectivity index (χ2n) is 10.9. The fraction of sp³-hybridized carbons (Fsp3) is 0.640. The summed E-state index contributed by atoms with van der Waals surface area (Å²) < 4.78 is 1.55. The molecule has 2 aromatic heterocycles. The number of carbonyl (C=O) groups is 3. The molecule has 1 saturated heterocycles. The SMILES string of the molecule is CC(=O)c1nn(CC(=O)N2[C@@H]3C[C@@H]3C[C@H]2C(=O)NCC2CCCC(C)(C)C2)c2cnccc12. The van der Waals surface area contributed by atoms with Crippen molar-refractivity contribution in [2.75, 3.05) is 6.54 Å². The van der Waals surface area contributed by atoms with E-state index in [-0.39, 0.29) is 30.2 Å². The van der Waals surface area contributed by atoms with Crippen molar-refractivity contribution in [3.8, 4) is 0 Å². The summed E-state index contributed by atoms with van der Waals surface area (Å²) in [4.78, 5) is 44.4. The molecule has 2 aromatic rings. The first-order valence-corrected chi connectivity index (χ1v) is 12.1. The van der Waals surface area contributed by atoms with Crippen LogP contribution in [-0.4, -0.2) is 55.9 Å². The summed E-state index contributed by atoms with van der Waals surface area (Å²) in [6, 6.07) is 1.48. The fourth-order valence-corrected chi connectivity index (χ4v) is 6.05. The van der Waals surface area contributed by atoms with Gasteiger partial charge in [0.25, 0.3) is 0 Å². The molecule has 3 aliphatic rings. The van der Waals surface area contributed by atoms with Crippen molar-refractivity contribution in [2.45, 2.75) is 77.9 Å². The van der Waals surface area contributed by atoms with Gasteiger partial charge in [0.15, 0.2) is 5.78 Å². The predicted octanol–water partition coefficient (Wildman–Crippen LogP) is 2.96. The number of likely N-dealkylation sites (tertiary alicyclic amines) is 1. The molecule has 1 unspecified atom stereocenters. The third kappa shape index (κ3) is 4.27. The lowest BCUT2D eigenvalue weighted by molar-refractivity contribution is -0.140. The van der Waals surface area contributed by atoms with E-state index in [1.54, 1.807) is 28.0 Å². The predicted molar refractivity (Wildman–Crippen MR) is 123 cm³/mol. The summed E-state index contributed by atoms with van der Waals surface area (Å²) in [5.74, 6) is 0.620. The molecule has 176 valence electrons. The van der Waals surface area contributed by atoms with Crippen LogP contribution in [0.25, 0.3) is 10.9 Å². The number of fused-ring (bicyclic) bond motifs is 2. The van der Waals surface area contributed by atoms with Crippen LogP contribution in [0.3, 0.4) is 0 Å². The number of hydrogen-bond donors (Lipinski definition) is 1. The van der Waals surface area contributed by atoms with Crippen molar-refractivity contribution < 1.29 is 14.4 Å². The Morgan fingerprint density at radius 2 is 2.06 bits per heavy atom. The standard InChI is InChI=1S/C25H33N5O3/c1-15(31)23-18-6-8-26-13-21(18)29(28-23)14-22(32)30-19-9-17(19)10-20(30)24(33)27-12-16-5-4-7-25(2,3)11-16/h6,8,13,16-17,19-20H,4-5,7,9-12,14H2,1-3H3,(H,27,33)/t16?,17-,19-,20+/m1/s1. The van der Waals surface area contributed by atoms with Gasteiger partial charge in [-0.15, -0.1) is 0 Å². The van der Waals surface area contributed by atoms with Crippen LogP contribution in [0.5, 0.6) is 0 Å². The Hall–Kier alpha value is -2.77. The van der Waals surface area contributed by atoms with Crippen LogP contribution in [0.1, 0.15) is 69.8 Å². The van der Waals surface area contributed by atoms with Crippen LogP contribution in [0.4, 0.5) is 0 Å². The maximum atomic E-state index is 13.4. The Kier molecular flexibility index (Phi) is 5.49. The number of Topliss-reactive ketones (excluding diaryl/α,β-unsaturated/α-hetero) is 1. The normalized spacial score (nSPS) is 27.9. The smallest absolute Gasteiger partial charge is 0.245 e. The highest BCUT2D eigenvalue weighted by Gasteiger charge is 2.56. The van der Waals surface area contributed by atoms with Gasteiger partial charge in [-0.05, 0) is 55.4 Å². The molecular formula is C25H33N5O3. The van der Waals surface area contributed by atoms with Gasteiger partial charge in [-0.3, -0.25) is 24.0 Å². The van der Waals surface area contributed by atoms with Crippen molar-refractivity contribution in [3.05, 3.63) is 24.2 Å². The molecule has 4 atom stereocenters. The Bertz CT molecular complexity index is 1110. The van der Waals surface area contributed by atoms with Gasteiger partial charge in [-0.1, -0.05) is 20.3 Å².